The molecule has 0 radical (unpaired) electrons. The maximum atomic E-state index is 13.1. The summed E-state index contributed by atoms with van der Waals surface area (Å²) in [4.78, 5) is 16.1. The molecule has 0 aliphatic rings. The maximum Gasteiger partial charge on any atom is 0.254 e. The van der Waals surface area contributed by atoms with Crippen LogP contribution in [0.15, 0.2) is 29.6 Å². The Morgan fingerprint density at radius 1 is 1.35 bits per heavy atom. The van der Waals surface area contributed by atoms with Crippen molar-refractivity contribution >= 4 is 48.9 Å². The monoisotopic (exact) mass is 307 g/mol. The molecule has 2 heterocycles. The summed E-state index contributed by atoms with van der Waals surface area (Å²) in [6, 6.07) is 6.22. The maximum absolute atomic E-state index is 13.1. The van der Waals surface area contributed by atoms with Gasteiger partial charge in [0.1, 0.15) is 10.8 Å². The normalized spacial score (nSPS) is 10.7. The van der Waals surface area contributed by atoms with E-state index in [1.807, 2.05) is 5.38 Å². The van der Waals surface area contributed by atoms with Gasteiger partial charge in [-0.3, -0.25) is 4.79 Å². The van der Waals surface area contributed by atoms with E-state index < -0.39 is 0 Å². The number of carbonyl (C=O) groups is 1. The molecule has 2 aromatic heterocycles. The van der Waals surface area contributed by atoms with Crippen molar-refractivity contribution in [3.63, 3.8) is 0 Å². The highest BCUT2D eigenvalue weighted by Crippen LogP contribution is 2.32. The molecule has 3 rings (SSSR count). The number of halogens is 1. The molecule has 0 aliphatic carbocycles. The first kappa shape index (κ1) is 13.0. The molecule has 0 saturated heterocycles. The second kappa shape index (κ2) is 5.18. The van der Waals surface area contributed by atoms with E-state index in [2.05, 4.69) is 15.6 Å². The van der Waals surface area contributed by atoms with Crippen LogP contribution in [0.1, 0.15) is 10.4 Å². The van der Waals surface area contributed by atoms with Crippen LogP contribution in [0.4, 0.5) is 14.5 Å². The van der Waals surface area contributed by atoms with Crippen LogP contribution in [0.25, 0.3) is 10.2 Å². The summed E-state index contributed by atoms with van der Waals surface area (Å²) in [6.07, 6.45) is 0. The molecule has 4 nitrogen and oxygen atoms in total. The Labute approximate surface area is 122 Å². The van der Waals surface area contributed by atoms with Gasteiger partial charge in [0.05, 0.1) is 15.8 Å². The molecule has 7 heteroatoms. The standard InChI is InChI=1S/C13H10FN3OS2/c1-15-11(18)8-4-5-19-12(8)17-13-16-9-3-2-7(14)6-10(9)20-13/h2-6H,1H3,(H,15,18)(H,16,17). The van der Waals surface area contributed by atoms with Gasteiger partial charge in [-0.1, -0.05) is 11.3 Å². The van der Waals surface area contributed by atoms with Crippen molar-refractivity contribution in [2.45, 2.75) is 0 Å². The van der Waals surface area contributed by atoms with E-state index in [0.717, 1.165) is 15.2 Å². The molecule has 0 atom stereocenters. The minimum absolute atomic E-state index is 0.152. The quantitative estimate of drug-likeness (QED) is 0.777. The molecule has 1 amide bonds. The van der Waals surface area contributed by atoms with Crippen LogP contribution in [-0.2, 0) is 0 Å². The Kier molecular flexibility index (Phi) is 3.37. The Hall–Kier alpha value is -1.99. The van der Waals surface area contributed by atoms with Gasteiger partial charge in [0.25, 0.3) is 5.91 Å². The molecule has 20 heavy (non-hydrogen) atoms. The Bertz CT molecular complexity index is 781. The van der Waals surface area contributed by atoms with Crippen LogP contribution in [0.5, 0.6) is 0 Å². The average molecular weight is 307 g/mol. The second-order valence-corrected chi connectivity index (χ2v) is 5.95. The van der Waals surface area contributed by atoms with Crippen molar-refractivity contribution in [1.82, 2.24) is 10.3 Å². The number of rotatable bonds is 3. The lowest BCUT2D eigenvalue weighted by atomic mass is 10.3. The van der Waals surface area contributed by atoms with E-state index in [0.29, 0.717) is 10.7 Å². The number of thiazole rings is 1. The van der Waals surface area contributed by atoms with Crippen LogP contribution in [0, 0.1) is 5.82 Å². The highest BCUT2D eigenvalue weighted by Gasteiger charge is 2.13. The fourth-order valence-electron chi connectivity index (χ4n) is 1.77. The first-order chi connectivity index (χ1) is 9.67. The van der Waals surface area contributed by atoms with Crippen molar-refractivity contribution in [3.8, 4) is 0 Å². The third kappa shape index (κ3) is 2.37. The second-order valence-electron chi connectivity index (χ2n) is 4.00. The van der Waals surface area contributed by atoms with Crippen molar-refractivity contribution in [2.75, 3.05) is 12.4 Å². The number of benzene rings is 1. The van der Waals surface area contributed by atoms with Gasteiger partial charge >= 0.3 is 0 Å². The van der Waals surface area contributed by atoms with Gasteiger partial charge in [0, 0.05) is 7.05 Å². The van der Waals surface area contributed by atoms with Crippen molar-refractivity contribution in [2.24, 2.45) is 0 Å². The van der Waals surface area contributed by atoms with Crippen LogP contribution in [0.2, 0.25) is 0 Å². The highest BCUT2D eigenvalue weighted by atomic mass is 32.1. The molecule has 0 aliphatic heterocycles. The zero-order chi connectivity index (χ0) is 14.1. The number of nitrogens with one attached hydrogen (secondary N) is 2. The summed E-state index contributed by atoms with van der Waals surface area (Å²) >= 11 is 2.77. The molecule has 0 fully saturated rings. The largest absolute Gasteiger partial charge is 0.355 e. The Morgan fingerprint density at radius 2 is 2.20 bits per heavy atom. The lowest BCUT2D eigenvalue weighted by molar-refractivity contribution is 0.0964. The van der Waals surface area contributed by atoms with Gasteiger partial charge in [-0.2, -0.15) is 0 Å². The molecule has 1 aromatic carbocycles. The number of thiophene rings is 1. The lowest BCUT2D eigenvalue weighted by Gasteiger charge is -2.02. The van der Waals surface area contributed by atoms with Crippen LogP contribution < -0.4 is 10.6 Å². The molecular formula is C13H10FN3OS2. The molecular weight excluding hydrogens is 297 g/mol. The molecule has 2 N–H and O–H groups in total. The van der Waals surface area contributed by atoms with Gasteiger partial charge in [0.2, 0.25) is 0 Å². The predicted molar refractivity (Wildman–Crippen MR) is 80.6 cm³/mol. The van der Waals surface area contributed by atoms with Gasteiger partial charge < -0.3 is 10.6 Å². The first-order valence-corrected chi connectivity index (χ1v) is 7.49. The number of hydrogen-bond acceptors (Lipinski definition) is 5. The topological polar surface area (TPSA) is 54.0 Å². The van der Waals surface area contributed by atoms with Gasteiger partial charge in [0.15, 0.2) is 5.13 Å². The predicted octanol–water partition coefficient (Wildman–Crippen LogP) is 3.60. The lowest BCUT2D eigenvalue weighted by Crippen LogP contribution is -2.17. The fourth-order valence-corrected chi connectivity index (χ4v) is 3.51. The number of carbonyl (C=O) groups excluding carboxylic acids is 1. The number of amides is 1. The van der Waals surface area contributed by atoms with Crippen LogP contribution >= 0.6 is 22.7 Å². The van der Waals surface area contributed by atoms with Crippen molar-refractivity contribution in [1.29, 1.82) is 0 Å². The smallest absolute Gasteiger partial charge is 0.254 e. The zero-order valence-corrected chi connectivity index (χ0v) is 12.1. The number of nitrogens with zero attached hydrogens (tertiary/aromatic N) is 1. The highest BCUT2D eigenvalue weighted by molar-refractivity contribution is 7.22. The summed E-state index contributed by atoms with van der Waals surface area (Å²) in [5.74, 6) is -0.434. The summed E-state index contributed by atoms with van der Waals surface area (Å²) in [5.41, 5.74) is 1.31. The van der Waals surface area contributed by atoms with Gasteiger partial charge in [-0.25, -0.2) is 9.37 Å². The number of hydrogen-bond donors (Lipinski definition) is 2. The summed E-state index contributed by atoms with van der Waals surface area (Å²) in [6.45, 7) is 0. The van der Waals surface area contributed by atoms with E-state index in [1.165, 1.54) is 34.8 Å². The van der Waals surface area contributed by atoms with E-state index in [1.54, 1.807) is 19.2 Å². The number of fused-ring (bicyclic) bond motifs is 1. The van der Waals surface area contributed by atoms with E-state index in [-0.39, 0.29) is 11.7 Å². The Morgan fingerprint density at radius 3 is 3.00 bits per heavy atom. The van der Waals surface area contributed by atoms with E-state index >= 15 is 0 Å². The van der Waals surface area contributed by atoms with E-state index in [9.17, 15) is 9.18 Å². The number of aromatic nitrogens is 1. The third-order valence-electron chi connectivity index (χ3n) is 2.71. The van der Waals surface area contributed by atoms with Crippen LogP contribution in [0.3, 0.4) is 0 Å². The van der Waals surface area contributed by atoms with Crippen LogP contribution in [-0.4, -0.2) is 17.9 Å². The van der Waals surface area contributed by atoms with E-state index in [4.69, 9.17) is 0 Å². The molecule has 102 valence electrons. The molecule has 0 spiro atoms. The Balaban J connectivity index is 1.93. The summed E-state index contributed by atoms with van der Waals surface area (Å²) in [7, 11) is 1.59. The average Bonchev–Trinajstić information content (AvgIpc) is 3.04. The number of anilines is 2. The fraction of sp³-hybridized carbons (Fsp3) is 0.0769. The van der Waals surface area contributed by atoms with Gasteiger partial charge in [-0.15, -0.1) is 11.3 Å². The summed E-state index contributed by atoms with van der Waals surface area (Å²) in [5, 5.41) is 8.90. The minimum atomic E-state index is -0.283. The summed E-state index contributed by atoms with van der Waals surface area (Å²) < 4.78 is 13.9. The van der Waals surface area contributed by atoms with Crippen molar-refractivity contribution in [3.05, 3.63) is 41.0 Å². The SMILES string of the molecule is CNC(=O)c1ccsc1Nc1nc2ccc(F)cc2s1. The zero-order valence-electron chi connectivity index (χ0n) is 10.4. The molecule has 0 unspecified atom stereocenters. The molecule has 3 aromatic rings. The van der Waals surface area contributed by atoms with Gasteiger partial charge in [-0.05, 0) is 29.6 Å². The molecule has 0 saturated carbocycles. The minimum Gasteiger partial charge on any atom is -0.355 e. The first-order valence-electron chi connectivity index (χ1n) is 5.80. The molecule has 0 bridgehead atoms. The third-order valence-corrected chi connectivity index (χ3v) is 4.47. The van der Waals surface area contributed by atoms with Crippen molar-refractivity contribution < 1.29 is 9.18 Å².